The smallest absolute Gasteiger partial charge is 0.339 e. The van der Waals surface area contributed by atoms with Crippen LogP contribution < -0.4 is 10.2 Å². The first kappa shape index (κ1) is 17.7. The highest BCUT2D eigenvalue weighted by atomic mass is 19.1. The highest BCUT2D eigenvalue weighted by molar-refractivity contribution is 5.93. The highest BCUT2D eigenvalue weighted by Crippen LogP contribution is 2.27. The number of carbonyl (C=O) groups is 1. The Kier molecular flexibility index (Phi) is 4.91. The average Bonchev–Trinajstić information content (AvgIpc) is 2.98. The van der Waals surface area contributed by atoms with E-state index in [1.807, 2.05) is 4.90 Å². The molecule has 3 heterocycles. The maximum Gasteiger partial charge on any atom is 0.339 e. The molecule has 7 nitrogen and oxygen atoms in total. The summed E-state index contributed by atoms with van der Waals surface area (Å²) in [6, 6.07) is 9.34. The Morgan fingerprint density at radius 2 is 1.93 bits per heavy atom. The van der Waals surface area contributed by atoms with Crippen LogP contribution in [0.1, 0.15) is 10.4 Å². The van der Waals surface area contributed by atoms with Crippen LogP contribution in [0.4, 0.5) is 15.9 Å². The molecule has 0 spiro atoms. The molecule has 0 bridgehead atoms. The summed E-state index contributed by atoms with van der Waals surface area (Å²) in [4.78, 5) is 17.5. The van der Waals surface area contributed by atoms with Gasteiger partial charge in [0.15, 0.2) is 0 Å². The average molecular weight is 373 g/mol. The Morgan fingerprint density at radius 3 is 2.59 bits per heavy atom. The van der Waals surface area contributed by atoms with E-state index in [1.54, 1.807) is 30.5 Å². The van der Waals surface area contributed by atoms with Crippen LogP contribution in [0.2, 0.25) is 0 Å². The van der Waals surface area contributed by atoms with Gasteiger partial charge >= 0.3 is 5.97 Å². The van der Waals surface area contributed by atoms with Gasteiger partial charge in [-0.2, -0.15) is 0 Å². The molecule has 0 aliphatic carbocycles. The van der Waals surface area contributed by atoms with Crippen LogP contribution in [0.5, 0.6) is 0 Å². The number of nitrogens with zero attached hydrogens (tertiary/aromatic N) is 2. The van der Waals surface area contributed by atoms with E-state index in [1.165, 1.54) is 12.1 Å². The molecule has 1 aromatic carbocycles. The van der Waals surface area contributed by atoms with Gasteiger partial charge in [-0.15, -0.1) is 0 Å². The number of ether oxygens (including phenoxy) is 2. The molecule has 2 aliphatic rings. The SMILES string of the molecule is O=C(O)c1cccnc1N1C[C@@H]2OCC(Nc3cccc(F)c3)CO[C@H]2C1. The number of hydrogen-bond acceptors (Lipinski definition) is 6. The topological polar surface area (TPSA) is 83.9 Å². The van der Waals surface area contributed by atoms with E-state index in [-0.39, 0.29) is 29.6 Å². The second kappa shape index (κ2) is 7.50. The number of rotatable bonds is 4. The van der Waals surface area contributed by atoms with Gasteiger partial charge in [-0.05, 0) is 30.3 Å². The van der Waals surface area contributed by atoms with Crippen molar-refractivity contribution in [2.45, 2.75) is 18.2 Å². The number of aromatic nitrogens is 1. The molecular formula is C19H20FN3O4. The van der Waals surface area contributed by atoms with E-state index in [4.69, 9.17) is 9.47 Å². The van der Waals surface area contributed by atoms with Crippen molar-refractivity contribution in [2.24, 2.45) is 0 Å². The lowest BCUT2D eigenvalue weighted by atomic mass is 10.2. The number of carboxylic acid groups (broad SMARTS) is 1. The Morgan fingerprint density at radius 1 is 1.19 bits per heavy atom. The van der Waals surface area contributed by atoms with Gasteiger partial charge in [0.25, 0.3) is 0 Å². The van der Waals surface area contributed by atoms with E-state index in [0.29, 0.717) is 37.8 Å². The molecule has 0 radical (unpaired) electrons. The minimum atomic E-state index is -1.01. The van der Waals surface area contributed by atoms with Crippen molar-refractivity contribution in [3.63, 3.8) is 0 Å². The second-order valence-corrected chi connectivity index (χ2v) is 6.68. The molecule has 2 aromatic rings. The summed E-state index contributed by atoms with van der Waals surface area (Å²) in [5.41, 5.74) is 0.847. The number of hydrogen-bond donors (Lipinski definition) is 2. The van der Waals surface area contributed by atoms with Crippen molar-refractivity contribution in [1.82, 2.24) is 4.98 Å². The van der Waals surface area contributed by atoms with Gasteiger partial charge in [0, 0.05) is 25.0 Å². The first-order chi connectivity index (χ1) is 13.1. The quantitative estimate of drug-likeness (QED) is 0.848. The van der Waals surface area contributed by atoms with Crippen LogP contribution in [0.25, 0.3) is 0 Å². The first-order valence-corrected chi connectivity index (χ1v) is 8.79. The van der Waals surface area contributed by atoms with Crippen molar-refractivity contribution in [2.75, 3.05) is 36.5 Å². The van der Waals surface area contributed by atoms with Crippen molar-refractivity contribution >= 4 is 17.5 Å². The molecule has 27 heavy (non-hydrogen) atoms. The van der Waals surface area contributed by atoms with Gasteiger partial charge in [-0.3, -0.25) is 0 Å². The van der Waals surface area contributed by atoms with Gasteiger partial charge in [0.1, 0.15) is 29.4 Å². The monoisotopic (exact) mass is 373 g/mol. The lowest BCUT2D eigenvalue weighted by Crippen LogP contribution is -2.31. The summed E-state index contributed by atoms with van der Waals surface area (Å²) in [6.45, 7) is 1.85. The van der Waals surface area contributed by atoms with E-state index < -0.39 is 5.97 Å². The fourth-order valence-electron chi connectivity index (χ4n) is 3.48. The summed E-state index contributed by atoms with van der Waals surface area (Å²) in [6.07, 6.45) is 1.23. The summed E-state index contributed by atoms with van der Waals surface area (Å²) >= 11 is 0. The zero-order valence-corrected chi connectivity index (χ0v) is 14.5. The van der Waals surface area contributed by atoms with Gasteiger partial charge in [-0.25, -0.2) is 14.2 Å². The van der Waals surface area contributed by atoms with Crippen molar-refractivity contribution in [1.29, 1.82) is 0 Å². The predicted octanol–water partition coefficient (Wildman–Crippen LogP) is 2.00. The van der Waals surface area contributed by atoms with Gasteiger partial charge < -0.3 is 24.8 Å². The van der Waals surface area contributed by atoms with Crippen LogP contribution in [-0.2, 0) is 9.47 Å². The number of pyridine rings is 1. The minimum Gasteiger partial charge on any atom is -0.478 e. The Labute approximate surface area is 155 Å². The fourth-order valence-corrected chi connectivity index (χ4v) is 3.48. The predicted molar refractivity (Wildman–Crippen MR) is 96.7 cm³/mol. The molecule has 0 saturated carbocycles. The van der Waals surface area contributed by atoms with Gasteiger partial charge in [0.05, 0.1) is 19.3 Å². The molecule has 8 heteroatoms. The molecule has 0 unspecified atom stereocenters. The highest BCUT2D eigenvalue weighted by Gasteiger charge is 2.39. The zero-order valence-electron chi connectivity index (χ0n) is 14.5. The molecule has 1 aromatic heterocycles. The third kappa shape index (κ3) is 3.86. The molecule has 2 atom stereocenters. The number of benzene rings is 1. The molecule has 142 valence electrons. The lowest BCUT2D eigenvalue weighted by molar-refractivity contribution is -0.00461. The third-order valence-electron chi connectivity index (χ3n) is 4.75. The lowest BCUT2D eigenvalue weighted by Gasteiger charge is -2.21. The van der Waals surface area contributed by atoms with Gasteiger partial charge in [-0.1, -0.05) is 6.07 Å². The van der Waals surface area contributed by atoms with E-state index >= 15 is 0 Å². The number of nitrogens with one attached hydrogen (secondary N) is 1. The molecule has 2 fully saturated rings. The van der Waals surface area contributed by atoms with Crippen LogP contribution in [-0.4, -0.2) is 60.6 Å². The summed E-state index contributed by atoms with van der Waals surface area (Å²) in [5.74, 6) is -0.876. The largest absolute Gasteiger partial charge is 0.478 e. The molecule has 4 rings (SSSR count). The van der Waals surface area contributed by atoms with Gasteiger partial charge in [0.2, 0.25) is 0 Å². The van der Waals surface area contributed by atoms with Crippen LogP contribution >= 0.6 is 0 Å². The maximum absolute atomic E-state index is 13.3. The van der Waals surface area contributed by atoms with E-state index in [9.17, 15) is 14.3 Å². The van der Waals surface area contributed by atoms with Crippen LogP contribution in [0.3, 0.4) is 0 Å². The standard InChI is InChI=1S/C19H20FN3O4/c20-12-3-1-4-13(7-12)22-14-10-26-16-8-23(9-17(16)27-11-14)18-15(19(24)25)5-2-6-21-18/h1-7,14,16-17,22H,8-11H2,(H,24,25)/t16-,17-/m0/s1. The van der Waals surface area contributed by atoms with Crippen LogP contribution in [0, 0.1) is 5.82 Å². The third-order valence-corrected chi connectivity index (χ3v) is 4.75. The Bertz CT molecular complexity index is 818. The minimum absolute atomic E-state index is 0.0877. The van der Waals surface area contributed by atoms with Crippen LogP contribution in [0.15, 0.2) is 42.6 Å². The normalized spacial score (nSPS) is 22.9. The van der Waals surface area contributed by atoms with Crippen molar-refractivity contribution < 1.29 is 23.8 Å². The molecular weight excluding hydrogens is 353 g/mol. The molecule has 2 N–H and O–H groups in total. The number of carboxylic acids is 1. The van der Waals surface area contributed by atoms with Crippen molar-refractivity contribution in [3.05, 3.63) is 54.0 Å². The molecule has 2 aliphatic heterocycles. The number of anilines is 2. The first-order valence-electron chi connectivity index (χ1n) is 8.79. The summed E-state index contributed by atoms with van der Waals surface area (Å²) in [5, 5.41) is 12.6. The number of aromatic carboxylic acids is 1. The maximum atomic E-state index is 13.3. The fraction of sp³-hybridized carbons (Fsp3) is 0.368. The molecule has 2 saturated heterocycles. The van der Waals surface area contributed by atoms with E-state index in [0.717, 1.165) is 0 Å². The Hall–Kier alpha value is -2.71. The summed E-state index contributed by atoms with van der Waals surface area (Å²) in [7, 11) is 0. The Balaban J connectivity index is 1.40. The summed E-state index contributed by atoms with van der Waals surface area (Å²) < 4.78 is 25.3. The number of fused-ring (bicyclic) bond motifs is 1. The zero-order chi connectivity index (χ0) is 18.8. The van der Waals surface area contributed by atoms with Crippen molar-refractivity contribution in [3.8, 4) is 0 Å². The number of halogens is 1. The molecule has 0 amide bonds. The second-order valence-electron chi connectivity index (χ2n) is 6.68. The van der Waals surface area contributed by atoms with E-state index in [2.05, 4.69) is 10.3 Å².